The molecule has 5 rings (SSSR count). The van der Waals surface area contributed by atoms with Crippen molar-refractivity contribution < 1.29 is 22.7 Å². The number of ether oxygens (including phenoxy) is 1. The van der Waals surface area contributed by atoms with E-state index in [1.807, 2.05) is 54.6 Å². The van der Waals surface area contributed by atoms with Gasteiger partial charge in [0, 0.05) is 19.0 Å². The van der Waals surface area contributed by atoms with Crippen molar-refractivity contribution in [1.82, 2.24) is 10.2 Å². The van der Waals surface area contributed by atoms with E-state index in [2.05, 4.69) is 5.32 Å². The molecule has 46 heavy (non-hydrogen) atoms. The fourth-order valence-electron chi connectivity index (χ4n) is 5.91. The lowest BCUT2D eigenvalue weighted by atomic mass is 9.94. The first kappa shape index (κ1) is 32.8. The molecule has 4 aromatic carbocycles. The van der Waals surface area contributed by atoms with Crippen molar-refractivity contribution in [3.05, 3.63) is 126 Å². The molecule has 2 amide bonds. The molecule has 9 heteroatoms. The molecule has 1 N–H and O–H groups in total. The van der Waals surface area contributed by atoms with E-state index in [1.54, 1.807) is 55.6 Å². The van der Waals surface area contributed by atoms with Crippen LogP contribution in [0.25, 0.3) is 0 Å². The molecular formula is C37H41N3O5S. The largest absolute Gasteiger partial charge is 0.497 e. The minimum absolute atomic E-state index is 0.0348. The maximum Gasteiger partial charge on any atom is 0.264 e. The van der Waals surface area contributed by atoms with Gasteiger partial charge >= 0.3 is 0 Å². The van der Waals surface area contributed by atoms with Crippen LogP contribution in [0.2, 0.25) is 0 Å². The van der Waals surface area contributed by atoms with Gasteiger partial charge in [0.25, 0.3) is 10.0 Å². The summed E-state index contributed by atoms with van der Waals surface area (Å²) in [5.41, 5.74) is 2.01. The number of methoxy groups -OCH3 is 1. The lowest BCUT2D eigenvalue weighted by Gasteiger charge is -2.35. The molecule has 1 saturated carbocycles. The lowest BCUT2D eigenvalue weighted by Crippen LogP contribution is -2.55. The molecule has 0 spiro atoms. The minimum atomic E-state index is -4.13. The summed E-state index contributed by atoms with van der Waals surface area (Å²) in [5.74, 6) is -0.121. The lowest BCUT2D eigenvalue weighted by molar-refractivity contribution is -0.140. The van der Waals surface area contributed by atoms with Crippen LogP contribution in [0.15, 0.2) is 120 Å². The highest BCUT2D eigenvalue weighted by molar-refractivity contribution is 7.92. The first-order valence-corrected chi connectivity index (χ1v) is 17.2. The molecule has 1 fully saturated rings. The Hall–Kier alpha value is -4.63. The highest BCUT2D eigenvalue weighted by Gasteiger charge is 2.35. The van der Waals surface area contributed by atoms with Crippen molar-refractivity contribution in [2.45, 2.75) is 62.0 Å². The molecule has 0 aliphatic heterocycles. The Bertz CT molecular complexity index is 1680. The molecule has 1 atom stereocenters. The third-order valence-electron chi connectivity index (χ3n) is 8.36. The highest BCUT2D eigenvalue weighted by Crippen LogP contribution is 2.26. The van der Waals surface area contributed by atoms with Crippen LogP contribution < -0.4 is 14.4 Å². The van der Waals surface area contributed by atoms with Gasteiger partial charge in [0.1, 0.15) is 18.3 Å². The van der Waals surface area contributed by atoms with E-state index in [9.17, 15) is 18.0 Å². The highest BCUT2D eigenvalue weighted by atomic mass is 32.2. The summed E-state index contributed by atoms with van der Waals surface area (Å²) < 4.78 is 34.7. The standard InChI is InChI=1S/C37H41N3O5S/c1-45-33-22-14-17-30(25-33)27-39(35(26-29-15-6-2-7-16-29)37(42)38-31-18-8-3-9-19-31)36(41)28-40(32-20-10-4-11-21-32)46(43,44)34-23-12-5-13-24-34/h2,4-7,10-17,20-25,31,35H,3,8-9,18-19,26-28H2,1H3,(H,38,42). The summed E-state index contributed by atoms with van der Waals surface area (Å²) in [4.78, 5) is 30.4. The van der Waals surface area contributed by atoms with Crippen LogP contribution in [0.4, 0.5) is 5.69 Å². The number of anilines is 1. The van der Waals surface area contributed by atoms with Crippen LogP contribution in [-0.4, -0.2) is 50.9 Å². The molecule has 8 nitrogen and oxygen atoms in total. The molecule has 0 aromatic heterocycles. The Morgan fingerprint density at radius 1 is 0.804 bits per heavy atom. The monoisotopic (exact) mass is 639 g/mol. The van der Waals surface area contributed by atoms with E-state index < -0.39 is 28.5 Å². The van der Waals surface area contributed by atoms with Crippen LogP contribution in [0.5, 0.6) is 5.75 Å². The van der Waals surface area contributed by atoms with E-state index in [1.165, 1.54) is 17.0 Å². The molecule has 1 aliphatic carbocycles. The van der Waals surface area contributed by atoms with Crippen LogP contribution in [0, 0.1) is 0 Å². The molecule has 1 aliphatic rings. The zero-order valence-corrected chi connectivity index (χ0v) is 26.9. The summed E-state index contributed by atoms with van der Waals surface area (Å²) in [6.07, 6.45) is 5.29. The smallest absolute Gasteiger partial charge is 0.264 e. The maximum atomic E-state index is 14.6. The quantitative estimate of drug-likeness (QED) is 0.194. The van der Waals surface area contributed by atoms with Gasteiger partial charge in [-0.3, -0.25) is 13.9 Å². The number of carbonyl (C=O) groups is 2. The number of carbonyl (C=O) groups excluding carboxylic acids is 2. The van der Waals surface area contributed by atoms with Crippen LogP contribution >= 0.6 is 0 Å². The van der Waals surface area contributed by atoms with Gasteiger partial charge < -0.3 is 15.0 Å². The predicted molar refractivity (Wildman–Crippen MR) is 180 cm³/mol. The number of hydrogen-bond donors (Lipinski definition) is 1. The number of nitrogens with one attached hydrogen (secondary N) is 1. The van der Waals surface area contributed by atoms with Gasteiger partial charge in [0.2, 0.25) is 11.8 Å². The Kier molecular flexibility index (Phi) is 11.1. The minimum Gasteiger partial charge on any atom is -0.497 e. The van der Waals surface area contributed by atoms with E-state index >= 15 is 0 Å². The van der Waals surface area contributed by atoms with Gasteiger partial charge in [-0.15, -0.1) is 0 Å². The van der Waals surface area contributed by atoms with Crippen molar-refractivity contribution in [3.8, 4) is 5.75 Å². The summed E-state index contributed by atoms with van der Waals surface area (Å²) >= 11 is 0. The first-order chi connectivity index (χ1) is 22.3. The molecule has 4 aromatic rings. The summed E-state index contributed by atoms with van der Waals surface area (Å²) in [7, 11) is -2.56. The van der Waals surface area contributed by atoms with E-state index in [-0.39, 0.29) is 29.8 Å². The zero-order chi connectivity index (χ0) is 32.4. The number of hydrogen-bond acceptors (Lipinski definition) is 5. The number of sulfonamides is 1. The second-order valence-electron chi connectivity index (χ2n) is 11.6. The van der Waals surface area contributed by atoms with E-state index in [0.717, 1.165) is 47.5 Å². The number of rotatable bonds is 13. The Morgan fingerprint density at radius 3 is 2.07 bits per heavy atom. The average molecular weight is 640 g/mol. The molecule has 0 radical (unpaired) electrons. The predicted octanol–water partition coefficient (Wildman–Crippen LogP) is 5.98. The third-order valence-corrected chi connectivity index (χ3v) is 10.2. The molecule has 0 saturated heterocycles. The number of para-hydroxylation sites is 1. The fourth-order valence-corrected chi connectivity index (χ4v) is 7.34. The van der Waals surface area contributed by atoms with Crippen molar-refractivity contribution in [2.75, 3.05) is 18.0 Å². The molecule has 240 valence electrons. The van der Waals surface area contributed by atoms with Gasteiger partial charge in [-0.25, -0.2) is 8.42 Å². The molecule has 1 unspecified atom stereocenters. The van der Waals surface area contributed by atoms with Crippen LogP contribution in [0.1, 0.15) is 43.2 Å². The molecular weight excluding hydrogens is 598 g/mol. The number of amides is 2. The van der Waals surface area contributed by atoms with Gasteiger partial charge in [0.05, 0.1) is 17.7 Å². The van der Waals surface area contributed by atoms with Gasteiger partial charge in [0.15, 0.2) is 0 Å². The van der Waals surface area contributed by atoms with Crippen molar-refractivity contribution >= 4 is 27.5 Å². The normalized spacial score (nSPS) is 14.2. The second-order valence-corrected chi connectivity index (χ2v) is 13.4. The third kappa shape index (κ3) is 8.34. The summed E-state index contributed by atoms with van der Waals surface area (Å²) in [5, 5.41) is 3.23. The van der Waals surface area contributed by atoms with Crippen LogP contribution in [-0.2, 0) is 32.6 Å². The van der Waals surface area contributed by atoms with Gasteiger partial charge in [-0.1, -0.05) is 98.1 Å². The fraction of sp³-hybridized carbons (Fsp3) is 0.297. The van der Waals surface area contributed by atoms with Crippen molar-refractivity contribution in [3.63, 3.8) is 0 Å². The first-order valence-electron chi connectivity index (χ1n) is 15.7. The van der Waals surface area contributed by atoms with Crippen molar-refractivity contribution in [1.29, 1.82) is 0 Å². The number of nitrogens with zero attached hydrogens (tertiary/aromatic N) is 2. The average Bonchev–Trinajstić information content (AvgIpc) is 3.10. The second kappa shape index (κ2) is 15.6. The topological polar surface area (TPSA) is 96.0 Å². The Morgan fingerprint density at radius 2 is 1.41 bits per heavy atom. The zero-order valence-electron chi connectivity index (χ0n) is 26.1. The number of benzene rings is 4. The van der Waals surface area contributed by atoms with E-state index in [4.69, 9.17) is 4.74 Å². The molecule has 0 bridgehead atoms. The Labute approximate surface area is 272 Å². The maximum absolute atomic E-state index is 14.6. The SMILES string of the molecule is COc1cccc(CN(C(=O)CN(c2ccccc2)S(=O)(=O)c2ccccc2)C(Cc2ccccc2)C(=O)NC2CCCCC2)c1. The van der Waals surface area contributed by atoms with E-state index in [0.29, 0.717) is 11.4 Å². The summed E-state index contributed by atoms with van der Waals surface area (Å²) in [6.45, 7) is -0.410. The van der Waals surface area contributed by atoms with Crippen LogP contribution in [0.3, 0.4) is 0 Å². The summed E-state index contributed by atoms with van der Waals surface area (Å²) in [6, 6.07) is 32.7. The van der Waals surface area contributed by atoms with Crippen molar-refractivity contribution in [2.24, 2.45) is 0 Å². The van der Waals surface area contributed by atoms with Gasteiger partial charge in [-0.05, 0) is 60.4 Å². The van der Waals surface area contributed by atoms with Gasteiger partial charge in [-0.2, -0.15) is 0 Å². The Balaban J connectivity index is 1.55. The molecule has 0 heterocycles.